The van der Waals surface area contributed by atoms with E-state index >= 15 is 0 Å². The van der Waals surface area contributed by atoms with Crippen LogP contribution in [0.5, 0.6) is 6.01 Å². The number of nitrogens with two attached hydrogens (primary N) is 1. The maximum Gasteiger partial charge on any atom is 0.323 e. The zero-order valence-corrected chi connectivity index (χ0v) is 12.1. The Kier molecular flexibility index (Phi) is 5.31. The van der Waals surface area contributed by atoms with E-state index in [1.807, 2.05) is 6.92 Å². The van der Waals surface area contributed by atoms with Gasteiger partial charge in [0.1, 0.15) is 0 Å². The monoisotopic (exact) mass is 281 g/mol. The first-order valence-electron chi connectivity index (χ1n) is 7.02. The third kappa shape index (κ3) is 4.17. The van der Waals surface area contributed by atoms with Crippen LogP contribution in [0.1, 0.15) is 26.2 Å². The van der Waals surface area contributed by atoms with Crippen molar-refractivity contribution in [1.29, 1.82) is 0 Å². The number of rotatable bonds is 6. The molecular weight excluding hydrogens is 258 g/mol. The molecule has 0 aromatic carbocycles. The van der Waals surface area contributed by atoms with Gasteiger partial charge in [-0.2, -0.15) is 15.0 Å². The maximum absolute atomic E-state index is 5.44. The van der Waals surface area contributed by atoms with E-state index in [0.717, 1.165) is 25.9 Å². The molecule has 2 rings (SSSR count). The molecule has 1 aromatic rings. The van der Waals surface area contributed by atoms with Gasteiger partial charge in [-0.1, -0.05) is 6.92 Å². The Morgan fingerprint density at radius 3 is 2.85 bits per heavy atom. The van der Waals surface area contributed by atoms with E-state index in [-0.39, 0.29) is 0 Å². The summed E-state index contributed by atoms with van der Waals surface area (Å²) in [5, 5.41) is 3.32. The number of nitrogen functional groups attached to an aromatic ring is 1. The van der Waals surface area contributed by atoms with Crippen LogP contribution in [-0.4, -0.2) is 52.6 Å². The average Bonchev–Trinajstić information content (AvgIpc) is 2.45. The first-order chi connectivity index (χ1) is 9.71. The molecule has 20 heavy (non-hydrogen) atoms. The second kappa shape index (κ2) is 7.20. The molecule has 112 valence electrons. The van der Waals surface area contributed by atoms with Gasteiger partial charge in [-0.25, -0.2) is 5.84 Å². The molecule has 0 amide bonds. The van der Waals surface area contributed by atoms with Crippen LogP contribution in [0.2, 0.25) is 0 Å². The number of hydrogen-bond acceptors (Lipinski definition) is 8. The van der Waals surface area contributed by atoms with Crippen LogP contribution in [0, 0.1) is 0 Å². The summed E-state index contributed by atoms with van der Waals surface area (Å²) in [5.74, 6) is 6.18. The number of likely N-dealkylation sites (N-methyl/N-ethyl adjacent to an activating group) is 1. The van der Waals surface area contributed by atoms with Crippen LogP contribution >= 0.6 is 0 Å². The lowest BCUT2D eigenvalue weighted by molar-refractivity contribution is 0.260. The van der Waals surface area contributed by atoms with E-state index in [0.29, 0.717) is 30.6 Å². The van der Waals surface area contributed by atoms with Crippen molar-refractivity contribution < 1.29 is 4.74 Å². The highest BCUT2D eigenvalue weighted by atomic mass is 16.5. The van der Waals surface area contributed by atoms with Gasteiger partial charge in [-0.15, -0.1) is 0 Å². The number of anilines is 2. The van der Waals surface area contributed by atoms with Gasteiger partial charge in [0.15, 0.2) is 0 Å². The summed E-state index contributed by atoms with van der Waals surface area (Å²) in [6.07, 6.45) is 3.17. The second-order valence-electron chi connectivity index (χ2n) is 5.00. The highest BCUT2D eigenvalue weighted by Crippen LogP contribution is 2.15. The number of likely N-dealkylation sites (tertiary alicyclic amines) is 1. The van der Waals surface area contributed by atoms with E-state index in [1.165, 1.54) is 6.42 Å². The van der Waals surface area contributed by atoms with E-state index in [9.17, 15) is 0 Å². The minimum absolute atomic E-state index is 0.293. The Labute approximate surface area is 119 Å². The van der Waals surface area contributed by atoms with Crippen molar-refractivity contribution in [1.82, 2.24) is 19.9 Å². The van der Waals surface area contributed by atoms with Gasteiger partial charge in [-0.3, -0.25) is 5.43 Å². The fraction of sp³-hybridized carbons (Fsp3) is 0.750. The Bertz CT molecular complexity index is 428. The largest absolute Gasteiger partial charge is 0.463 e. The molecular formula is C12H23N7O. The van der Waals surface area contributed by atoms with Crippen molar-refractivity contribution in [3.05, 3.63) is 0 Å². The van der Waals surface area contributed by atoms with Crippen molar-refractivity contribution in [2.75, 3.05) is 37.5 Å². The number of hydrogen-bond donors (Lipinski definition) is 3. The number of aromatic nitrogens is 3. The maximum atomic E-state index is 5.44. The first kappa shape index (κ1) is 14.7. The van der Waals surface area contributed by atoms with Crippen LogP contribution in [-0.2, 0) is 0 Å². The lowest BCUT2D eigenvalue weighted by Gasteiger charge is -2.30. The highest BCUT2D eigenvalue weighted by Gasteiger charge is 2.18. The van der Waals surface area contributed by atoms with Gasteiger partial charge in [-0.05, 0) is 32.9 Å². The van der Waals surface area contributed by atoms with Crippen molar-refractivity contribution in [2.45, 2.75) is 32.2 Å². The van der Waals surface area contributed by atoms with Crippen LogP contribution in [0.3, 0.4) is 0 Å². The smallest absolute Gasteiger partial charge is 0.323 e. The normalized spacial score (nSPS) is 19.6. The molecule has 1 aliphatic rings. The molecule has 1 unspecified atom stereocenters. The number of nitrogens with one attached hydrogen (secondary N) is 2. The van der Waals surface area contributed by atoms with Crippen LogP contribution in [0.4, 0.5) is 11.9 Å². The van der Waals surface area contributed by atoms with Gasteiger partial charge < -0.3 is 15.0 Å². The van der Waals surface area contributed by atoms with Crippen LogP contribution < -0.4 is 21.3 Å². The number of nitrogens with zero attached hydrogens (tertiary/aromatic N) is 4. The van der Waals surface area contributed by atoms with Gasteiger partial charge >= 0.3 is 6.01 Å². The summed E-state index contributed by atoms with van der Waals surface area (Å²) in [6.45, 7) is 4.71. The van der Waals surface area contributed by atoms with E-state index in [2.05, 4.69) is 37.6 Å². The Morgan fingerprint density at radius 2 is 2.15 bits per heavy atom. The number of hydrazine groups is 1. The lowest BCUT2D eigenvalue weighted by atomic mass is 10.1. The molecule has 1 atom stereocenters. The summed E-state index contributed by atoms with van der Waals surface area (Å²) in [7, 11) is 2.11. The standard InChI is InChI=1S/C12H23N7O/c1-3-7-20-12-16-10(15-11(17-12)18-13)14-9-5-4-6-19(2)8-9/h9H,3-8,13H2,1-2H3,(H2,14,15,16,17,18). The Balaban J connectivity index is 2.05. The first-order valence-corrected chi connectivity index (χ1v) is 7.02. The Hall–Kier alpha value is -1.67. The van der Waals surface area contributed by atoms with Gasteiger partial charge in [0.25, 0.3) is 0 Å². The summed E-state index contributed by atoms with van der Waals surface area (Å²) in [6, 6.07) is 0.627. The fourth-order valence-corrected chi connectivity index (χ4v) is 2.21. The quantitative estimate of drug-likeness (QED) is 0.510. The fourth-order valence-electron chi connectivity index (χ4n) is 2.21. The lowest BCUT2D eigenvalue weighted by Crippen LogP contribution is -2.40. The Morgan fingerprint density at radius 1 is 1.35 bits per heavy atom. The number of ether oxygens (including phenoxy) is 1. The van der Waals surface area contributed by atoms with E-state index in [1.54, 1.807) is 0 Å². The van der Waals surface area contributed by atoms with E-state index in [4.69, 9.17) is 10.6 Å². The van der Waals surface area contributed by atoms with Gasteiger partial charge in [0, 0.05) is 12.6 Å². The third-order valence-corrected chi connectivity index (χ3v) is 3.14. The van der Waals surface area contributed by atoms with Gasteiger partial charge in [0.2, 0.25) is 11.9 Å². The molecule has 0 bridgehead atoms. The zero-order valence-electron chi connectivity index (χ0n) is 12.1. The van der Waals surface area contributed by atoms with E-state index < -0.39 is 0 Å². The van der Waals surface area contributed by atoms with Crippen molar-refractivity contribution in [3.8, 4) is 6.01 Å². The number of piperidine rings is 1. The molecule has 0 spiro atoms. The molecule has 0 saturated carbocycles. The van der Waals surface area contributed by atoms with Gasteiger partial charge in [0.05, 0.1) is 6.61 Å². The second-order valence-corrected chi connectivity index (χ2v) is 5.00. The third-order valence-electron chi connectivity index (χ3n) is 3.14. The average molecular weight is 281 g/mol. The molecule has 1 saturated heterocycles. The summed E-state index contributed by atoms with van der Waals surface area (Å²) in [4.78, 5) is 14.8. The van der Waals surface area contributed by atoms with Crippen LogP contribution in [0.25, 0.3) is 0 Å². The topological polar surface area (TPSA) is 101 Å². The van der Waals surface area contributed by atoms with Crippen molar-refractivity contribution in [2.24, 2.45) is 5.84 Å². The minimum atomic E-state index is 0.293. The molecule has 0 aliphatic carbocycles. The van der Waals surface area contributed by atoms with Crippen LogP contribution in [0.15, 0.2) is 0 Å². The molecule has 8 heteroatoms. The SMILES string of the molecule is CCCOc1nc(NN)nc(NC2CCCN(C)C2)n1. The summed E-state index contributed by atoms with van der Waals surface area (Å²) in [5.41, 5.74) is 2.44. The predicted octanol–water partition coefficient (Wildman–Crippen LogP) is 0.452. The molecule has 1 aromatic heterocycles. The van der Waals surface area contributed by atoms with Crippen molar-refractivity contribution in [3.63, 3.8) is 0 Å². The summed E-state index contributed by atoms with van der Waals surface area (Å²) < 4.78 is 5.44. The minimum Gasteiger partial charge on any atom is -0.463 e. The zero-order chi connectivity index (χ0) is 14.4. The molecule has 4 N–H and O–H groups in total. The highest BCUT2D eigenvalue weighted by molar-refractivity contribution is 5.35. The molecule has 0 radical (unpaired) electrons. The van der Waals surface area contributed by atoms with Crippen molar-refractivity contribution >= 4 is 11.9 Å². The summed E-state index contributed by atoms with van der Waals surface area (Å²) >= 11 is 0. The molecule has 8 nitrogen and oxygen atoms in total. The molecule has 2 heterocycles. The molecule has 1 aliphatic heterocycles. The molecule has 1 fully saturated rings. The predicted molar refractivity (Wildman–Crippen MR) is 77.6 cm³/mol.